The maximum absolute atomic E-state index is 11.3. The minimum atomic E-state index is -0.384. The number of rotatable bonds is 5. The first-order valence-corrected chi connectivity index (χ1v) is 7.65. The van der Waals surface area contributed by atoms with E-state index in [1.807, 2.05) is 18.5 Å². The number of aromatic nitrogens is 2. The molecule has 1 fully saturated rings. The molecule has 21 heavy (non-hydrogen) atoms. The van der Waals surface area contributed by atoms with E-state index in [1.165, 1.54) is 6.42 Å². The van der Waals surface area contributed by atoms with E-state index in [-0.39, 0.29) is 16.8 Å². The van der Waals surface area contributed by atoms with E-state index in [9.17, 15) is 10.1 Å². The third-order valence-corrected chi connectivity index (χ3v) is 4.63. The van der Waals surface area contributed by atoms with Crippen molar-refractivity contribution in [2.24, 2.45) is 18.7 Å². The zero-order valence-electron chi connectivity index (χ0n) is 13.1. The molecule has 0 aromatic carbocycles. The lowest BCUT2D eigenvalue weighted by molar-refractivity contribution is -0.388. The molecule has 1 heterocycles. The highest BCUT2D eigenvalue weighted by Gasteiger charge is 2.35. The smallest absolute Gasteiger partial charge is 0.358 e. The Labute approximate surface area is 125 Å². The molecule has 0 bridgehead atoms. The summed E-state index contributed by atoms with van der Waals surface area (Å²) in [7, 11) is 1.84. The van der Waals surface area contributed by atoms with Gasteiger partial charge >= 0.3 is 5.82 Å². The van der Waals surface area contributed by atoms with Gasteiger partial charge in [-0.3, -0.25) is 4.57 Å². The Balaban J connectivity index is 2.43. The predicted molar refractivity (Wildman–Crippen MR) is 82.4 cm³/mol. The second kappa shape index (κ2) is 6.43. The average Bonchev–Trinajstić information content (AvgIpc) is 2.77. The molecular weight excluding hydrogens is 270 g/mol. The van der Waals surface area contributed by atoms with Gasteiger partial charge in [0, 0.05) is 26.6 Å². The Kier molecular flexibility index (Phi) is 4.82. The van der Waals surface area contributed by atoms with Crippen LogP contribution in [0, 0.1) is 23.0 Å². The third kappa shape index (κ3) is 2.88. The van der Waals surface area contributed by atoms with Crippen LogP contribution >= 0.6 is 0 Å². The number of hydrogen-bond donors (Lipinski definition) is 1. The lowest BCUT2D eigenvalue weighted by Crippen LogP contribution is -2.46. The molecular formula is C14H25N5O2. The minimum absolute atomic E-state index is 0.0433. The largest absolute Gasteiger partial charge is 0.406 e. The van der Waals surface area contributed by atoms with E-state index >= 15 is 0 Å². The topological polar surface area (TPSA) is 90.2 Å². The number of imidazole rings is 1. The van der Waals surface area contributed by atoms with Gasteiger partial charge in [-0.2, -0.15) is 0 Å². The summed E-state index contributed by atoms with van der Waals surface area (Å²) in [6, 6.07) is 0.266. The summed E-state index contributed by atoms with van der Waals surface area (Å²) >= 11 is 0. The van der Waals surface area contributed by atoms with Crippen LogP contribution in [0.15, 0.2) is 0 Å². The molecule has 7 heteroatoms. The minimum Gasteiger partial charge on any atom is -0.358 e. The van der Waals surface area contributed by atoms with Gasteiger partial charge in [-0.05, 0) is 42.1 Å². The first-order chi connectivity index (χ1) is 10.0. The number of nitro groups is 1. The molecule has 0 radical (unpaired) electrons. The van der Waals surface area contributed by atoms with Gasteiger partial charge in [0.15, 0.2) is 0 Å². The number of aryl methyl sites for hydroxylation is 1. The molecule has 0 amide bonds. The molecule has 1 aliphatic rings. The van der Waals surface area contributed by atoms with Crippen molar-refractivity contribution in [2.45, 2.75) is 45.6 Å². The van der Waals surface area contributed by atoms with Gasteiger partial charge in [0.05, 0.1) is 0 Å². The first-order valence-electron chi connectivity index (χ1n) is 7.65. The van der Waals surface area contributed by atoms with Gasteiger partial charge in [-0.25, -0.2) is 0 Å². The molecule has 0 aliphatic heterocycles. The van der Waals surface area contributed by atoms with Crippen molar-refractivity contribution >= 4 is 11.6 Å². The molecule has 0 saturated heterocycles. The van der Waals surface area contributed by atoms with Crippen LogP contribution in [0.4, 0.5) is 11.6 Å². The van der Waals surface area contributed by atoms with E-state index < -0.39 is 0 Å². The Morgan fingerprint density at radius 2 is 2.14 bits per heavy atom. The van der Waals surface area contributed by atoms with Crippen molar-refractivity contribution in [3.05, 3.63) is 15.9 Å². The Morgan fingerprint density at radius 3 is 2.71 bits per heavy atom. The van der Waals surface area contributed by atoms with E-state index in [0.29, 0.717) is 24.1 Å². The van der Waals surface area contributed by atoms with E-state index in [0.717, 1.165) is 25.8 Å². The highest BCUT2D eigenvalue weighted by molar-refractivity contribution is 5.56. The fourth-order valence-electron chi connectivity index (χ4n) is 3.44. The summed E-state index contributed by atoms with van der Waals surface area (Å²) in [5.74, 6) is 1.63. The van der Waals surface area contributed by atoms with Crippen LogP contribution in [0.1, 0.15) is 38.4 Å². The van der Waals surface area contributed by atoms with E-state index in [1.54, 1.807) is 6.92 Å². The zero-order valence-corrected chi connectivity index (χ0v) is 13.1. The van der Waals surface area contributed by atoms with E-state index in [2.05, 4.69) is 9.88 Å². The molecule has 2 atom stereocenters. The van der Waals surface area contributed by atoms with Crippen molar-refractivity contribution in [1.82, 2.24) is 9.55 Å². The van der Waals surface area contributed by atoms with Crippen LogP contribution < -0.4 is 10.6 Å². The van der Waals surface area contributed by atoms with Gasteiger partial charge in [0.2, 0.25) is 11.6 Å². The molecule has 2 unspecified atom stereocenters. The Morgan fingerprint density at radius 1 is 1.48 bits per heavy atom. The summed E-state index contributed by atoms with van der Waals surface area (Å²) in [5, 5.41) is 11.3. The second-order valence-electron chi connectivity index (χ2n) is 5.76. The Bertz CT molecular complexity index is 514. The fourth-order valence-corrected chi connectivity index (χ4v) is 3.44. The SMILES string of the molecule is CCN(c1c([N+](=O)[O-])nc(C)n1C)C1CCCCC1CN. The highest BCUT2D eigenvalue weighted by Crippen LogP contribution is 2.35. The van der Waals surface area contributed by atoms with Gasteiger partial charge in [0.1, 0.15) is 0 Å². The molecule has 118 valence electrons. The summed E-state index contributed by atoms with van der Waals surface area (Å²) in [4.78, 5) is 17.2. The van der Waals surface area contributed by atoms with Gasteiger partial charge in [-0.1, -0.05) is 12.8 Å². The molecule has 2 N–H and O–H groups in total. The quantitative estimate of drug-likeness (QED) is 0.662. The second-order valence-corrected chi connectivity index (χ2v) is 5.76. The van der Waals surface area contributed by atoms with Gasteiger partial charge in [0.25, 0.3) is 0 Å². The van der Waals surface area contributed by atoms with Crippen LogP contribution in [0.3, 0.4) is 0 Å². The molecule has 2 rings (SSSR count). The standard InChI is InChI=1S/C14H25N5O2/c1-4-18(12-8-6-5-7-11(12)9-15)14-13(19(20)21)16-10(2)17(14)3/h11-12H,4-9,15H2,1-3H3. The number of anilines is 1. The maximum Gasteiger partial charge on any atom is 0.406 e. The van der Waals surface area contributed by atoms with Crippen LogP contribution in [-0.2, 0) is 7.05 Å². The van der Waals surface area contributed by atoms with Gasteiger partial charge < -0.3 is 20.7 Å². The molecule has 0 spiro atoms. The number of nitrogens with zero attached hydrogens (tertiary/aromatic N) is 4. The average molecular weight is 295 g/mol. The van der Waals surface area contributed by atoms with Crippen molar-refractivity contribution in [1.29, 1.82) is 0 Å². The summed E-state index contributed by atoms with van der Waals surface area (Å²) < 4.78 is 1.82. The van der Waals surface area contributed by atoms with Crippen LogP contribution in [-0.4, -0.2) is 33.6 Å². The molecule has 7 nitrogen and oxygen atoms in total. The fraction of sp³-hybridized carbons (Fsp3) is 0.786. The molecule has 1 aromatic heterocycles. The lowest BCUT2D eigenvalue weighted by Gasteiger charge is -2.39. The first kappa shape index (κ1) is 15.8. The lowest BCUT2D eigenvalue weighted by atomic mass is 9.83. The van der Waals surface area contributed by atoms with Crippen molar-refractivity contribution in [3.8, 4) is 0 Å². The van der Waals surface area contributed by atoms with Crippen LogP contribution in [0.25, 0.3) is 0 Å². The van der Waals surface area contributed by atoms with E-state index in [4.69, 9.17) is 5.73 Å². The third-order valence-electron chi connectivity index (χ3n) is 4.63. The van der Waals surface area contributed by atoms with Crippen molar-refractivity contribution in [3.63, 3.8) is 0 Å². The predicted octanol–water partition coefficient (Wildman–Crippen LogP) is 1.98. The van der Waals surface area contributed by atoms with Crippen molar-refractivity contribution < 1.29 is 4.92 Å². The molecule has 1 aromatic rings. The summed E-state index contributed by atoms with van der Waals surface area (Å²) in [5.41, 5.74) is 5.92. The number of hydrogen-bond acceptors (Lipinski definition) is 5. The van der Waals surface area contributed by atoms with Crippen molar-refractivity contribution in [2.75, 3.05) is 18.0 Å². The summed E-state index contributed by atoms with van der Waals surface area (Å²) in [6.07, 6.45) is 4.49. The zero-order chi connectivity index (χ0) is 15.6. The normalized spacial score (nSPS) is 22.3. The maximum atomic E-state index is 11.3. The van der Waals surface area contributed by atoms with Gasteiger partial charge in [-0.15, -0.1) is 0 Å². The highest BCUT2D eigenvalue weighted by atomic mass is 16.6. The number of nitrogens with two attached hydrogens (primary N) is 1. The molecule has 1 saturated carbocycles. The molecule has 1 aliphatic carbocycles. The van der Waals surface area contributed by atoms with Crippen LogP contribution in [0.2, 0.25) is 0 Å². The van der Waals surface area contributed by atoms with Crippen LogP contribution in [0.5, 0.6) is 0 Å². The Hall–Kier alpha value is -1.63. The summed E-state index contributed by atoms with van der Waals surface area (Å²) in [6.45, 7) is 5.19. The monoisotopic (exact) mass is 295 g/mol.